The van der Waals surface area contributed by atoms with E-state index in [0.29, 0.717) is 0 Å². The van der Waals surface area contributed by atoms with Crippen LogP contribution in [0, 0.1) is 0 Å². The fourth-order valence-corrected chi connectivity index (χ4v) is 1.16. The molecule has 0 spiro atoms. The van der Waals surface area contributed by atoms with E-state index in [4.69, 9.17) is 0 Å². The summed E-state index contributed by atoms with van der Waals surface area (Å²) in [6.45, 7) is 0. The Labute approximate surface area is 74.0 Å². The van der Waals surface area contributed by atoms with Crippen LogP contribution in [-0.4, -0.2) is 9.13 Å². The van der Waals surface area contributed by atoms with Gasteiger partial charge in [0, 0.05) is 24.8 Å². The average molecular weight is 182 g/mol. The highest BCUT2D eigenvalue weighted by molar-refractivity contribution is 4.98. The lowest BCUT2D eigenvalue weighted by atomic mass is 10.7. The Hall–Kier alpha value is -1.58. The van der Waals surface area contributed by atoms with Crippen LogP contribution in [0.2, 0.25) is 0 Å². The molecule has 4 heteroatoms. The van der Waals surface area contributed by atoms with Gasteiger partial charge >= 0.3 is 6.17 Å². The van der Waals surface area contributed by atoms with Gasteiger partial charge < -0.3 is 0 Å². The van der Waals surface area contributed by atoms with Crippen LogP contribution in [0.5, 0.6) is 0 Å². The minimum atomic E-state index is -3.02. The first-order valence-corrected chi connectivity index (χ1v) is 3.86. The smallest absolute Gasteiger partial charge is 0.276 e. The van der Waals surface area contributed by atoms with Crippen molar-refractivity contribution in [2.75, 3.05) is 0 Å². The topological polar surface area (TPSA) is 9.86 Å². The maximum absolute atomic E-state index is 13.5. The molecular formula is C9H8F2N2. The van der Waals surface area contributed by atoms with Crippen LogP contribution in [0.4, 0.5) is 8.78 Å². The van der Waals surface area contributed by atoms with Crippen molar-refractivity contribution in [3.63, 3.8) is 0 Å². The quantitative estimate of drug-likeness (QED) is 0.674. The van der Waals surface area contributed by atoms with Crippen LogP contribution in [0.1, 0.15) is 0 Å². The third kappa shape index (κ3) is 1.24. The standard InChI is InChI=1S/C9H8F2N2/c10-9(11,12-5-1-2-6-12)13-7-3-4-8-13/h1-8H. The fourth-order valence-electron chi connectivity index (χ4n) is 1.16. The second kappa shape index (κ2) is 2.73. The highest BCUT2D eigenvalue weighted by atomic mass is 19.3. The Morgan fingerprint density at radius 2 is 1.00 bits per heavy atom. The van der Waals surface area contributed by atoms with Gasteiger partial charge in [0.05, 0.1) is 0 Å². The molecule has 13 heavy (non-hydrogen) atoms. The molecule has 0 saturated heterocycles. The molecule has 2 aromatic rings. The number of hydrogen-bond acceptors (Lipinski definition) is 0. The van der Waals surface area contributed by atoms with Crippen molar-refractivity contribution in [3.8, 4) is 0 Å². The van der Waals surface area contributed by atoms with E-state index in [9.17, 15) is 8.78 Å². The van der Waals surface area contributed by atoms with Gasteiger partial charge in [-0.2, -0.15) is 8.78 Å². The van der Waals surface area contributed by atoms with Crippen molar-refractivity contribution < 1.29 is 8.78 Å². The molecule has 0 saturated carbocycles. The monoisotopic (exact) mass is 182 g/mol. The Kier molecular flexibility index (Phi) is 1.69. The minimum absolute atomic E-state index is 0.854. The van der Waals surface area contributed by atoms with E-state index in [1.807, 2.05) is 0 Å². The molecule has 2 heterocycles. The minimum Gasteiger partial charge on any atom is -0.276 e. The van der Waals surface area contributed by atoms with E-state index in [-0.39, 0.29) is 0 Å². The number of alkyl halides is 2. The first-order valence-electron chi connectivity index (χ1n) is 3.86. The van der Waals surface area contributed by atoms with Crippen LogP contribution in [0.15, 0.2) is 49.1 Å². The lowest BCUT2D eigenvalue weighted by Gasteiger charge is -2.19. The maximum Gasteiger partial charge on any atom is 0.420 e. The van der Waals surface area contributed by atoms with E-state index in [2.05, 4.69) is 0 Å². The van der Waals surface area contributed by atoms with Crippen molar-refractivity contribution >= 4 is 0 Å². The largest absolute Gasteiger partial charge is 0.420 e. The molecule has 2 rings (SSSR count). The van der Waals surface area contributed by atoms with Crippen LogP contribution >= 0.6 is 0 Å². The predicted molar refractivity (Wildman–Crippen MR) is 44.5 cm³/mol. The Morgan fingerprint density at radius 1 is 0.692 bits per heavy atom. The normalized spacial score (nSPS) is 11.8. The van der Waals surface area contributed by atoms with Crippen molar-refractivity contribution in [1.29, 1.82) is 0 Å². The van der Waals surface area contributed by atoms with Gasteiger partial charge in [0.2, 0.25) is 0 Å². The maximum atomic E-state index is 13.5. The van der Waals surface area contributed by atoms with E-state index in [1.54, 1.807) is 24.3 Å². The molecule has 0 aromatic carbocycles. The molecule has 0 unspecified atom stereocenters. The number of aromatic nitrogens is 2. The third-order valence-corrected chi connectivity index (χ3v) is 1.83. The number of hydrogen-bond donors (Lipinski definition) is 0. The molecule has 0 bridgehead atoms. The van der Waals surface area contributed by atoms with Crippen LogP contribution in [0.3, 0.4) is 0 Å². The summed E-state index contributed by atoms with van der Waals surface area (Å²) in [5, 5.41) is 0. The molecule has 0 amide bonds. The second-order valence-corrected chi connectivity index (χ2v) is 2.69. The van der Waals surface area contributed by atoms with Crippen molar-refractivity contribution in [2.24, 2.45) is 0 Å². The summed E-state index contributed by atoms with van der Waals surface area (Å²) in [7, 11) is 0. The first kappa shape index (κ1) is 8.04. The molecule has 2 aromatic heterocycles. The van der Waals surface area contributed by atoms with Gasteiger partial charge in [0.15, 0.2) is 0 Å². The summed E-state index contributed by atoms with van der Waals surface area (Å²) >= 11 is 0. The van der Waals surface area contributed by atoms with Gasteiger partial charge in [-0.05, 0) is 24.3 Å². The molecule has 0 atom stereocenters. The van der Waals surface area contributed by atoms with Crippen LogP contribution in [-0.2, 0) is 6.17 Å². The Balaban J connectivity index is 2.42. The molecule has 2 nitrogen and oxygen atoms in total. The number of rotatable bonds is 2. The van der Waals surface area contributed by atoms with Gasteiger partial charge in [0.25, 0.3) is 0 Å². The zero-order chi connectivity index (χ0) is 9.31. The third-order valence-electron chi connectivity index (χ3n) is 1.83. The van der Waals surface area contributed by atoms with Crippen molar-refractivity contribution in [3.05, 3.63) is 49.1 Å². The summed E-state index contributed by atoms with van der Waals surface area (Å²) in [6, 6.07) is 6.27. The lowest BCUT2D eigenvalue weighted by Crippen LogP contribution is -2.29. The summed E-state index contributed by atoms with van der Waals surface area (Å²) in [6.07, 6.45) is 2.31. The Bertz CT molecular complexity index is 326. The second-order valence-electron chi connectivity index (χ2n) is 2.69. The van der Waals surface area contributed by atoms with Gasteiger partial charge in [-0.25, -0.2) is 0 Å². The first-order chi connectivity index (χ1) is 6.21. The molecule has 0 radical (unpaired) electrons. The fraction of sp³-hybridized carbons (Fsp3) is 0.111. The van der Waals surface area contributed by atoms with Gasteiger partial charge in [-0.1, -0.05) is 0 Å². The Morgan fingerprint density at radius 3 is 1.31 bits per heavy atom. The number of halogens is 2. The molecule has 68 valence electrons. The molecule has 0 aliphatic carbocycles. The van der Waals surface area contributed by atoms with Crippen LogP contribution < -0.4 is 0 Å². The highest BCUT2D eigenvalue weighted by Crippen LogP contribution is 2.22. The zero-order valence-electron chi connectivity index (χ0n) is 6.77. The number of nitrogens with zero attached hydrogens (tertiary/aromatic N) is 2. The zero-order valence-corrected chi connectivity index (χ0v) is 6.77. The molecule has 0 aliphatic rings. The molecule has 0 aliphatic heterocycles. The van der Waals surface area contributed by atoms with Gasteiger partial charge in [-0.15, -0.1) is 0 Å². The van der Waals surface area contributed by atoms with Crippen molar-refractivity contribution in [1.82, 2.24) is 9.13 Å². The van der Waals surface area contributed by atoms with Gasteiger partial charge in [0.1, 0.15) is 0 Å². The van der Waals surface area contributed by atoms with E-state index < -0.39 is 6.17 Å². The van der Waals surface area contributed by atoms with E-state index >= 15 is 0 Å². The molecular weight excluding hydrogens is 174 g/mol. The molecule has 0 N–H and O–H groups in total. The SMILES string of the molecule is FC(F)(n1cccc1)n1cccc1. The predicted octanol–water partition coefficient (Wildman–Crippen LogP) is 2.34. The van der Waals surface area contributed by atoms with E-state index in [1.165, 1.54) is 24.8 Å². The summed E-state index contributed by atoms with van der Waals surface area (Å²) in [4.78, 5) is 0. The van der Waals surface area contributed by atoms with Crippen LogP contribution in [0.25, 0.3) is 0 Å². The summed E-state index contributed by atoms with van der Waals surface area (Å²) in [5.41, 5.74) is 0. The highest BCUT2D eigenvalue weighted by Gasteiger charge is 2.31. The van der Waals surface area contributed by atoms with Gasteiger partial charge in [-0.3, -0.25) is 9.13 Å². The van der Waals surface area contributed by atoms with E-state index in [0.717, 1.165) is 9.13 Å². The van der Waals surface area contributed by atoms with Crippen molar-refractivity contribution in [2.45, 2.75) is 6.17 Å². The average Bonchev–Trinajstić information content (AvgIpc) is 2.78. The molecule has 0 fully saturated rings. The summed E-state index contributed by atoms with van der Waals surface area (Å²) in [5.74, 6) is 0. The lowest BCUT2D eigenvalue weighted by molar-refractivity contribution is -0.110. The summed E-state index contributed by atoms with van der Waals surface area (Å²) < 4.78 is 28.7.